The lowest BCUT2D eigenvalue weighted by Gasteiger charge is -1.98. The molecule has 0 amide bonds. The number of hydrogen-bond acceptors (Lipinski definition) is 3. The molecule has 0 saturated heterocycles. The number of aromatic nitrogens is 1. The lowest BCUT2D eigenvalue weighted by molar-refractivity contribution is 0.457. The molecule has 1 aromatic heterocycles. The molecule has 21 heavy (non-hydrogen) atoms. The molecule has 4 heteroatoms. The van der Waals surface area contributed by atoms with E-state index in [-0.39, 0.29) is 5.88 Å². The van der Waals surface area contributed by atoms with Crippen LogP contribution in [0, 0.1) is 6.92 Å². The highest BCUT2D eigenvalue weighted by Gasteiger charge is 2.10. The normalized spacial score (nSPS) is 11.5. The van der Waals surface area contributed by atoms with Gasteiger partial charge in [-0.1, -0.05) is 12.1 Å². The third-order valence-electron chi connectivity index (χ3n) is 3.47. The molecule has 0 spiro atoms. The second-order valence-electron chi connectivity index (χ2n) is 4.84. The number of nitrogens with one attached hydrogen (secondary N) is 1. The summed E-state index contributed by atoms with van der Waals surface area (Å²) < 4.78 is 0. The van der Waals surface area contributed by atoms with Gasteiger partial charge in [-0.05, 0) is 49.1 Å². The van der Waals surface area contributed by atoms with Gasteiger partial charge in [-0.25, -0.2) is 0 Å². The second kappa shape index (κ2) is 5.66. The summed E-state index contributed by atoms with van der Waals surface area (Å²) in [5.41, 5.74) is 3.64. The zero-order valence-electron chi connectivity index (χ0n) is 11.9. The van der Waals surface area contributed by atoms with Crippen molar-refractivity contribution in [3.05, 3.63) is 53.6 Å². The van der Waals surface area contributed by atoms with Crippen LogP contribution in [0.1, 0.15) is 11.1 Å². The van der Waals surface area contributed by atoms with Crippen LogP contribution in [0.4, 0.5) is 5.69 Å². The minimum atomic E-state index is 0.156. The van der Waals surface area contributed by atoms with Crippen molar-refractivity contribution in [2.75, 3.05) is 6.26 Å². The maximum Gasteiger partial charge on any atom is 0.198 e. The van der Waals surface area contributed by atoms with E-state index in [1.165, 1.54) is 4.90 Å². The van der Waals surface area contributed by atoms with Crippen molar-refractivity contribution >= 4 is 34.6 Å². The third-order valence-corrected chi connectivity index (χ3v) is 4.21. The lowest BCUT2D eigenvalue weighted by Crippen LogP contribution is -1.82. The topological polar surface area (TPSA) is 48.4 Å². The SMILES string of the molecule is CSc1ccc(N=Cc2c(O)[nH]c3cccc(C)c23)cc1. The van der Waals surface area contributed by atoms with Gasteiger partial charge in [0.15, 0.2) is 5.88 Å². The molecule has 0 aliphatic heterocycles. The highest BCUT2D eigenvalue weighted by Crippen LogP contribution is 2.29. The number of aromatic hydroxyl groups is 1. The molecule has 0 bridgehead atoms. The molecule has 2 N–H and O–H groups in total. The van der Waals surface area contributed by atoms with Gasteiger partial charge in [0.1, 0.15) is 0 Å². The number of aromatic amines is 1. The van der Waals surface area contributed by atoms with Gasteiger partial charge in [-0.3, -0.25) is 4.99 Å². The Morgan fingerprint density at radius 3 is 2.62 bits per heavy atom. The molecule has 0 saturated carbocycles. The third kappa shape index (κ3) is 2.67. The van der Waals surface area contributed by atoms with Crippen molar-refractivity contribution in [1.29, 1.82) is 0 Å². The molecule has 3 rings (SSSR count). The minimum Gasteiger partial charge on any atom is -0.494 e. The Kier molecular flexibility index (Phi) is 3.71. The summed E-state index contributed by atoms with van der Waals surface area (Å²) in [5, 5.41) is 11.1. The van der Waals surface area contributed by atoms with Crippen LogP contribution in [0.25, 0.3) is 10.9 Å². The Hall–Kier alpha value is -2.20. The van der Waals surface area contributed by atoms with Crippen LogP contribution in [0.5, 0.6) is 5.88 Å². The highest BCUT2D eigenvalue weighted by molar-refractivity contribution is 7.98. The molecule has 0 radical (unpaired) electrons. The van der Waals surface area contributed by atoms with Gasteiger partial charge >= 0.3 is 0 Å². The van der Waals surface area contributed by atoms with Crippen LogP contribution < -0.4 is 0 Å². The van der Waals surface area contributed by atoms with E-state index in [9.17, 15) is 5.11 Å². The number of benzene rings is 2. The fourth-order valence-electron chi connectivity index (χ4n) is 2.38. The number of aryl methyl sites for hydroxylation is 1. The van der Waals surface area contributed by atoms with Gasteiger partial charge in [0, 0.05) is 22.0 Å². The van der Waals surface area contributed by atoms with Crippen molar-refractivity contribution in [1.82, 2.24) is 4.98 Å². The fourth-order valence-corrected chi connectivity index (χ4v) is 2.78. The van der Waals surface area contributed by atoms with Crippen molar-refractivity contribution < 1.29 is 5.11 Å². The Bertz CT molecular complexity index is 804. The molecule has 1 heterocycles. The maximum absolute atomic E-state index is 10.1. The van der Waals surface area contributed by atoms with E-state index in [4.69, 9.17) is 0 Å². The van der Waals surface area contributed by atoms with Crippen molar-refractivity contribution in [2.45, 2.75) is 11.8 Å². The first-order valence-electron chi connectivity index (χ1n) is 6.67. The molecule has 0 aliphatic rings. The number of aliphatic imine (C=N–C) groups is 1. The Balaban J connectivity index is 2.00. The first-order chi connectivity index (χ1) is 10.2. The summed E-state index contributed by atoms with van der Waals surface area (Å²) in [7, 11) is 0. The molecular formula is C17H16N2OS. The van der Waals surface area contributed by atoms with Crippen LogP contribution >= 0.6 is 11.8 Å². The smallest absolute Gasteiger partial charge is 0.198 e. The van der Waals surface area contributed by atoms with E-state index >= 15 is 0 Å². The Morgan fingerprint density at radius 1 is 1.14 bits per heavy atom. The van der Waals surface area contributed by atoms with Crippen LogP contribution in [-0.4, -0.2) is 22.6 Å². The average Bonchev–Trinajstić information content (AvgIpc) is 2.82. The van der Waals surface area contributed by atoms with Crippen molar-refractivity contribution in [2.24, 2.45) is 4.99 Å². The van der Waals surface area contributed by atoms with Gasteiger partial charge < -0.3 is 10.1 Å². The van der Waals surface area contributed by atoms with Crippen LogP contribution in [0.15, 0.2) is 52.4 Å². The zero-order valence-corrected chi connectivity index (χ0v) is 12.7. The van der Waals surface area contributed by atoms with E-state index in [1.807, 2.05) is 55.6 Å². The average molecular weight is 296 g/mol. The van der Waals surface area contributed by atoms with Gasteiger partial charge in [-0.15, -0.1) is 11.8 Å². The number of thioether (sulfide) groups is 1. The van der Waals surface area contributed by atoms with Gasteiger partial charge in [-0.2, -0.15) is 0 Å². The lowest BCUT2D eigenvalue weighted by atomic mass is 10.1. The van der Waals surface area contributed by atoms with Crippen molar-refractivity contribution in [3.63, 3.8) is 0 Å². The number of H-pyrrole nitrogens is 1. The number of fused-ring (bicyclic) bond motifs is 1. The number of hydrogen-bond donors (Lipinski definition) is 2. The minimum absolute atomic E-state index is 0.156. The molecule has 3 nitrogen and oxygen atoms in total. The van der Waals surface area contributed by atoms with Crippen LogP contribution in [0.3, 0.4) is 0 Å². The molecule has 0 unspecified atom stereocenters. The summed E-state index contributed by atoms with van der Waals surface area (Å²) in [6.45, 7) is 2.03. The number of nitrogens with zero attached hydrogens (tertiary/aromatic N) is 1. The number of rotatable bonds is 3. The second-order valence-corrected chi connectivity index (χ2v) is 5.72. The molecule has 0 atom stereocenters. The Labute approximate surface area is 127 Å². The summed E-state index contributed by atoms with van der Waals surface area (Å²) in [6.07, 6.45) is 3.76. The molecule has 2 aromatic carbocycles. The molecule has 0 fully saturated rings. The summed E-state index contributed by atoms with van der Waals surface area (Å²) in [4.78, 5) is 8.65. The van der Waals surface area contributed by atoms with Crippen LogP contribution in [0.2, 0.25) is 0 Å². The summed E-state index contributed by atoms with van der Waals surface area (Å²) in [6, 6.07) is 14.0. The molecule has 0 aliphatic carbocycles. The van der Waals surface area contributed by atoms with E-state index in [0.29, 0.717) is 0 Å². The molecule has 106 valence electrons. The predicted octanol–water partition coefficient (Wildman–Crippen LogP) is 4.65. The van der Waals surface area contributed by atoms with Gasteiger partial charge in [0.25, 0.3) is 0 Å². The van der Waals surface area contributed by atoms with Gasteiger partial charge in [0.2, 0.25) is 0 Å². The van der Waals surface area contributed by atoms with Crippen molar-refractivity contribution in [3.8, 4) is 5.88 Å². The molecular weight excluding hydrogens is 280 g/mol. The quantitative estimate of drug-likeness (QED) is 0.546. The predicted molar refractivity (Wildman–Crippen MR) is 90.2 cm³/mol. The van der Waals surface area contributed by atoms with E-state index in [0.717, 1.165) is 27.7 Å². The molecule has 3 aromatic rings. The highest BCUT2D eigenvalue weighted by atomic mass is 32.2. The zero-order chi connectivity index (χ0) is 14.8. The van der Waals surface area contributed by atoms with E-state index < -0.39 is 0 Å². The first kappa shape index (κ1) is 13.8. The fraction of sp³-hybridized carbons (Fsp3) is 0.118. The maximum atomic E-state index is 10.1. The van der Waals surface area contributed by atoms with Crippen LogP contribution in [-0.2, 0) is 0 Å². The Morgan fingerprint density at radius 2 is 1.90 bits per heavy atom. The first-order valence-corrected chi connectivity index (χ1v) is 7.90. The summed E-state index contributed by atoms with van der Waals surface area (Å²) in [5.74, 6) is 0.156. The van der Waals surface area contributed by atoms with E-state index in [2.05, 4.69) is 9.98 Å². The summed E-state index contributed by atoms with van der Waals surface area (Å²) >= 11 is 1.70. The van der Waals surface area contributed by atoms with E-state index in [1.54, 1.807) is 18.0 Å². The standard InChI is InChI=1S/C17H16N2OS/c1-11-4-3-5-15-16(11)14(17(20)19-15)10-18-12-6-8-13(21-2)9-7-12/h3-10,19-20H,1-2H3. The monoisotopic (exact) mass is 296 g/mol. The largest absolute Gasteiger partial charge is 0.494 e. The van der Waals surface area contributed by atoms with Gasteiger partial charge in [0.05, 0.1) is 11.3 Å².